The van der Waals surface area contributed by atoms with Gasteiger partial charge in [0.25, 0.3) is 5.91 Å². The summed E-state index contributed by atoms with van der Waals surface area (Å²) < 4.78 is 5.88. The lowest BCUT2D eigenvalue weighted by Crippen LogP contribution is -2.49. The zero-order valence-electron chi connectivity index (χ0n) is 17.3. The van der Waals surface area contributed by atoms with Gasteiger partial charge in [-0.05, 0) is 42.3 Å². The summed E-state index contributed by atoms with van der Waals surface area (Å²) >= 11 is 0. The van der Waals surface area contributed by atoms with Crippen molar-refractivity contribution < 1.29 is 9.21 Å². The van der Waals surface area contributed by atoms with Crippen LogP contribution < -0.4 is 4.90 Å². The van der Waals surface area contributed by atoms with Crippen molar-refractivity contribution in [3.05, 3.63) is 89.9 Å². The maximum Gasteiger partial charge on any atom is 0.254 e. The molecule has 5 rings (SSSR count). The van der Waals surface area contributed by atoms with Crippen LogP contribution in [0.3, 0.4) is 0 Å². The van der Waals surface area contributed by atoms with Gasteiger partial charge in [-0.1, -0.05) is 36.4 Å². The molecule has 4 aromatic rings. The molecule has 2 aromatic heterocycles. The third kappa shape index (κ3) is 4.28. The number of anilines is 1. The average Bonchev–Trinajstić information content (AvgIpc) is 3.26. The van der Waals surface area contributed by atoms with Gasteiger partial charge in [0.05, 0.1) is 0 Å². The van der Waals surface area contributed by atoms with Gasteiger partial charge in [0.15, 0.2) is 11.5 Å². The third-order valence-corrected chi connectivity index (χ3v) is 5.69. The molecule has 0 N–H and O–H groups in total. The summed E-state index contributed by atoms with van der Waals surface area (Å²) in [6.45, 7) is 2.90. The molecule has 0 bridgehead atoms. The van der Waals surface area contributed by atoms with Gasteiger partial charge in [-0.25, -0.2) is 9.97 Å². The lowest BCUT2D eigenvalue weighted by Gasteiger charge is -2.35. The molecule has 1 fully saturated rings. The normalized spacial score (nSPS) is 14.2. The second-order valence-corrected chi connectivity index (χ2v) is 7.74. The molecule has 1 amide bonds. The lowest BCUT2D eigenvalue weighted by molar-refractivity contribution is 0.0746. The van der Waals surface area contributed by atoms with Gasteiger partial charge in [0.2, 0.25) is 0 Å². The van der Waals surface area contributed by atoms with Crippen LogP contribution in [0.2, 0.25) is 0 Å². The Balaban J connectivity index is 1.24. The van der Waals surface area contributed by atoms with Crippen LogP contribution in [0.4, 0.5) is 5.82 Å². The summed E-state index contributed by atoms with van der Waals surface area (Å²) in [6, 6.07) is 21.7. The number of carbonyl (C=O) groups is 1. The predicted octanol–water partition coefficient (Wildman–Crippen LogP) is 3.97. The lowest BCUT2D eigenvalue weighted by atomic mass is 10.1. The summed E-state index contributed by atoms with van der Waals surface area (Å²) in [5.41, 5.74) is 3.37. The Morgan fingerprint density at radius 1 is 0.903 bits per heavy atom. The Morgan fingerprint density at radius 3 is 2.48 bits per heavy atom. The Labute approximate surface area is 181 Å². The Bertz CT molecular complexity index is 1170. The van der Waals surface area contributed by atoms with Gasteiger partial charge in [-0.15, -0.1) is 0 Å². The fourth-order valence-corrected chi connectivity index (χ4v) is 3.97. The molecule has 0 saturated carbocycles. The molecule has 0 radical (unpaired) electrons. The van der Waals surface area contributed by atoms with Crippen molar-refractivity contribution in [1.82, 2.24) is 14.9 Å². The van der Waals surface area contributed by atoms with Gasteiger partial charge < -0.3 is 14.2 Å². The molecule has 0 atom stereocenters. The first-order valence-electron chi connectivity index (χ1n) is 10.6. The summed E-state index contributed by atoms with van der Waals surface area (Å²) in [6.07, 6.45) is 3.41. The summed E-state index contributed by atoms with van der Waals surface area (Å²) in [5.74, 6) is 1.70. The molecule has 156 valence electrons. The van der Waals surface area contributed by atoms with E-state index < -0.39 is 0 Å². The second-order valence-electron chi connectivity index (χ2n) is 7.74. The zero-order valence-corrected chi connectivity index (χ0v) is 17.3. The van der Waals surface area contributed by atoms with E-state index in [0.29, 0.717) is 24.5 Å². The number of aryl methyl sites for hydroxylation is 2. The summed E-state index contributed by atoms with van der Waals surface area (Å²) in [5, 5.41) is 0. The molecule has 0 aliphatic carbocycles. The molecule has 0 spiro atoms. The van der Waals surface area contributed by atoms with Crippen LogP contribution in [-0.4, -0.2) is 47.0 Å². The Hall–Kier alpha value is -3.67. The molecule has 6 heteroatoms. The smallest absolute Gasteiger partial charge is 0.254 e. The number of fused-ring (bicyclic) bond motifs is 1. The molecular weight excluding hydrogens is 388 g/mol. The minimum Gasteiger partial charge on any atom is -0.441 e. The first-order chi connectivity index (χ1) is 15.3. The van der Waals surface area contributed by atoms with Gasteiger partial charge in [-0.3, -0.25) is 4.79 Å². The van der Waals surface area contributed by atoms with Crippen LogP contribution in [0.25, 0.3) is 11.1 Å². The number of rotatable bonds is 5. The van der Waals surface area contributed by atoms with Crippen LogP contribution in [-0.2, 0) is 12.8 Å². The quantitative estimate of drug-likeness (QED) is 0.496. The second kappa shape index (κ2) is 8.60. The third-order valence-electron chi connectivity index (χ3n) is 5.69. The van der Waals surface area contributed by atoms with E-state index in [0.717, 1.165) is 42.8 Å². The van der Waals surface area contributed by atoms with Crippen molar-refractivity contribution in [2.75, 3.05) is 31.1 Å². The minimum absolute atomic E-state index is 0.0383. The standard InChI is InChI=1S/C25H24N4O2/c30-25(29-16-14-28(15-17-29)23-8-4-5-13-26-23)20-10-11-22-21(18-20)27-24(31-22)12-9-19-6-2-1-3-7-19/h1-8,10-11,13,18H,9,12,14-17H2. The monoisotopic (exact) mass is 412 g/mol. The number of nitrogens with zero attached hydrogens (tertiary/aromatic N) is 4. The van der Waals surface area contributed by atoms with Gasteiger partial charge in [0.1, 0.15) is 11.3 Å². The van der Waals surface area contributed by atoms with E-state index in [4.69, 9.17) is 4.42 Å². The highest BCUT2D eigenvalue weighted by Gasteiger charge is 2.23. The number of hydrogen-bond donors (Lipinski definition) is 0. The van der Waals surface area contributed by atoms with Crippen LogP contribution in [0, 0.1) is 0 Å². The van der Waals surface area contributed by atoms with Gasteiger partial charge in [-0.2, -0.15) is 0 Å². The molecular formula is C25H24N4O2. The maximum absolute atomic E-state index is 13.0. The van der Waals surface area contributed by atoms with Crippen molar-refractivity contribution in [2.45, 2.75) is 12.8 Å². The zero-order chi connectivity index (χ0) is 21.0. The van der Waals surface area contributed by atoms with Crippen LogP contribution in [0.1, 0.15) is 21.8 Å². The number of oxazole rings is 1. The van der Waals surface area contributed by atoms with Crippen molar-refractivity contribution in [3.8, 4) is 0 Å². The van der Waals surface area contributed by atoms with Crippen LogP contribution in [0.15, 0.2) is 77.3 Å². The van der Waals surface area contributed by atoms with Crippen molar-refractivity contribution in [1.29, 1.82) is 0 Å². The predicted molar refractivity (Wildman–Crippen MR) is 120 cm³/mol. The molecule has 1 aliphatic rings. The number of piperazine rings is 1. The van der Waals surface area contributed by atoms with E-state index in [1.807, 2.05) is 59.5 Å². The fraction of sp³-hybridized carbons (Fsp3) is 0.240. The molecule has 31 heavy (non-hydrogen) atoms. The van der Waals surface area contributed by atoms with Gasteiger partial charge in [0, 0.05) is 44.4 Å². The minimum atomic E-state index is 0.0383. The van der Waals surface area contributed by atoms with Crippen LogP contribution >= 0.6 is 0 Å². The Kier molecular flexibility index (Phi) is 5.35. The first-order valence-corrected chi connectivity index (χ1v) is 10.6. The van der Waals surface area contributed by atoms with E-state index in [-0.39, 0.29) is 5.91 Å². The van der Waals surface area contributed by atoms with E-state index >= 15 is 0 Å². The summed E-state index contributed by atoms with van der Waals surface area (Å²) in [7, 11) is 0. The number of carbonyl (C=O) groups excluding carboxylic acids is 1. The van der Waals surface area contributed by atoms with E-state index in [2.05, 4.69) is 27.0 Å². The highest BCUT2D eigenvalue weighted by molar-refractivity contribution is 5.97. The molecule has 1 saturated heterocycles. The van der Waals surface area contributed by atoms with E-state index in [1.165, 1.54) is 5.56 Å². The number of amides is 1. The topological polar surface area (TPSA) is 62.5 Å². The van der Waals surface area contributed by atoms with Crippen molar-refractivity contribution in [2.24, 2.45) is 0 Å². The molecule has 2 aromatic carbocycles. The highest BCUT2D eigenvalue weighted by Crippen LogP contribution is 2.21. The molecule has 6 nitrogen and oxygen atoms in total. The maximum atomic E-state index is 13.0. The first kappa shape index (κ1) is 19.3. The SMILES string of the molecule is O=C(c1ccc2oc(CCc3ccccc3)nc2c1)N1CCN(c2ccccn2)CC1. The van der Waals surface area contributed by atoms with Crippen molar-refractivity contribution in [3.63, 3.8) is 0 Å². The molecule has 1 aliphatic heterocycles. The largest absolute Gasteiger partial charge is 0.441 e. The molecule has 0 unspecified atom stereocenters. The van der Waals surface area contributed by atoms with E-state index in [1.54, 1.807) is 6.20 Å². The number of aromatic nitrogens is 2. The molecule has 3 heterocycles. The Morgan fingerprint density at radius 2 is 1.71 bits per heavy atom. The highest BCUT2D eigenvalue weighted by atomic mass is 16.3. The number of benzene rings is 2. The fourth-order valence-electron chi connectivity index (χ4n) is 3.97. The number of pyridine rings is 1. The van der Waals surface area contributed by atoms with E-state index in [9.17, 15) is 4.79 Å². The summed E-state index contributed by atoms with van der Waals surface area (Å²) in [4.78, 5) is 26.2. The van der Waals surface area contributed by atoms with Crippen molar-refractivity contribution >= 4 is 22.8 Å². The van der Waals surface area contributed by atoms with Crippen LogP contribution in [0.5, 0.6) is 0 Å². The average molecular weight is 412 g/mol. The van der Waals surface area contributed by atoms with Gasteiger partial charge >= 0.3 is 0 Å². The number of hydrogen-bond acceptors (Lipinski definition) is 5.